The highest BCUT2D eigenvalue weighted by atomic mass is 79.9. The van der Waals surface area contributed by atoms with Gasteiger partial charge in [-0.25, -0.2) is 4.98 Å². The molecule has 0 atom stereocenters. The summed E-state index contributed by atoms with van der Waals surface area (Å²) in [5, 5.41) is 9.12. The molecule has 0 fully saturated rings. The van der Waals surface area contributed by atoms with Gasteiger partial charge < -0.3 is 4.57 Å². The molecule has 0 amide bonds. The van der Waals surface area contributed by atoms with Crippen molar-refractivity contribution < 1.29 is 0 Å². The highest BCUT2D eigenvalue weighted by Gasteiger charge is 2.08. The van der Waals surface area contributed by atoms with E-state index in [1.54, 1.807) is 0 Å². The van der Waals surface area contributed by atoms with Crippen LogP contribution in [0.15, 0.2) is 46.9 Å². The van der Waals surface area contributed by atoms with Crippen molar-refractivity contribution in [3.8, 4) is 11.9 Å². The molecule has 3 nitrogen and oxygen atoms in total. The van der Waals surface area contributed by atoms with Gasteiger partial charge in [0.2, 0.25) is 0 Å². The molecule has 0 N–H and O–H groups in total. The van der Waals surface area contributed by atoms with Crippen molar-refractivity contribution in [2.24, 2.45) is 0 Å². The second-order valence-corrected chi connectivity index (χ2v) is 7.32. The number of aromatic nitrogens is 2. The quantitative estimate of drug-likeness (QED) is 0.609. The van der Waals surface area contributed by atoms with E-state index in [9.17, 15) is 0 Å². The highest BCUT2D eigenvalue weighted by molar-refractivity contribution is 9.10. The molecule has 0 spiro atoms. The first-order valence-electron chi connectivity index (χ1n) is 8.29. The van der Waals surface area contributed by atoms with Gasteiger partial charge in [-0.05, 0) is 87.2 Å². The van der Waals surface area contributed by atoms with Crippen LogP contribution < -0.4 is 0 Å². The highest BCUT2D eigenvalue weighted by Crippen LogP contribution is 2.19. The molecule has 0 saturated heterocycles. The number of nitrogens with zero attached hydrogens (tertiary/aromatic N) is 3. The molecule has 1 aromatic carbocycles. The fourth-order valence-electron chi connectivity index (χ4n) is 3.12. The van der Waals surface area contributed by atoms with Crippen molar-refractivity contribution in [2.75, 3.05) is 0 Å². The van der Waals surface area contributed by atoms with Gasteiger partial charge in [0.1, 0.15) is 5.82 Å². The third-order valence-electron chi connectivity index (χ3n) is 4.27. The maximum Gasteiger partial charge on any atom is 0.137 e. The van der Waals surface area contributed by atoms with Gasteiger partial charge in [0.15, 0.2) is 0 Å². The lowest BCUT2D eigenvalue weighted by atomic mass is 10.0. The Labute approximate surface area is 157 Å². The fraction of sp³-hybridized carbons (Fsp3) is 0.238. The molecule has 0 aliphatic rings. The van der Waals surface area contributed by atoms with Crippen LogP contribution in [0.25, 0.3) is 5.82 Å². The van der Waals surface area contributed by atoms with Crippen LogP contribution in [0.3, 0.4) is 0 Å². The number of aryl methyl sites for hydroxylation is 5. The lowest BCUT2D eigenvalue weighted by Gasteiger charge is -2.12. The van der Waals surface area contributed by atoms with E-state index in [0.717, 1.165) is 34.4 Å². The van der Waals surface area contributed by atoms with E-state index in [4.69, 9.17) is 10.2 Å². The first-order valence-corrected chi connectivity index (χ1v) is 9.08. The number of halogens is 1. The van der Waals surface area contributed by atoms with Crippen molar-refractivity contribution in [3.63, 3.8) is 0 Å². The molecule has 4 heteroatoms. The molecule has 3 aromatic rings. The average molecular weight is 394 g/mol. The Bertz CT molecular complexity index is 944. The molecule has 0 radical (unpaired) electrons. The molecule has 0 bridgehead atoms. The molecule has 3 rings (SSSR count). The van der Waals surface area contributed by atoms with Crippen molar-refractivity contribution in [2.45, 2.75) is 33.6 Å². The molecule has 0 aliphatic heterocycles. The predicted molar refractivity (Wildman–Crippen MR) is 104 cm³/mol. The van der Waals surface area contributed by atoms with Crippen molar-refractivity contribution in [1.82, 2.24) is 9.55 Å². The Morgan fingerprint density at radius 3 is 2.40 bits per heavy atom. The second-order valence-electron chi connectivity index (χ2n) is 6.41. The molecule has 2 heterocycles. The van der Waals surface area contributed by atoms with E-state index < -0.39 is 0 Å². The summed E-state index contributed by atoms with van der Waals surface area (Å²) in [6.45, 7) is 6.30. The second kappa shape index (κ2) is 7.25. The minimum Gasteiger partial charge on any atom is -0.303 e. The van der Waals surface area contributed by atoms with Gasteiger partial charge in [0.05, 0.1) is 11.6 Å². The molecular formula is C21H20BrN3. The molecule has 0 unspecified atom stereocenters. The van der Waals surface area contributed by atoms with Crippen LogP contribution in [-0.2, 0) is 12.8 Å². The monoisotopic (exact) mass is 393 g/mol. The molecule has 126 valence electrons. The number of pyridine rings is 1. The molecule has 2 aromatic heterocycles. The minimum atomic E-state index is 0.681. The van der Waals surface area contributed by atoms with Crippen molar-refractivity contribution >= 4 is 15.9 Å². The topological polar surface area (TPSA) is 41.6 Å². The smallest absolute Gasteiger partial charge is 0.137 e. The lowest BCUT2D eigenvalue weighted by Crippen LogP contribution is -2.05. The van der Waals surface area contributed by atoms with Crippen LogP contribution in [0, 0.1) is 32.1 Å². The Hall–Kier alpha value is -2.38. The molecule has 25 heavy (non-hydrogen) atoms. The summed E-state index contributed by atoms with van der Waals surface area (Å²) in [4.78, 5) is 4.86. The van der Waals surface area contributed by atoms with E-state index in [2.05, 4.69) is 77.7 Å². The number of rotatable bonds is 4. The maximum absolute atomic E-state index is 9.12. The summed E-state index contributed by atoms with van der Waals surface area (Å²) in [5.74, 6) is 0.974. The number of hydrogen-bond donors (Lipinski definition) is 0. The first-order chi connectivity index (χ1) is 12.0. The predicted octanol–water partition coefficient (Wildman–Crippen LogP) is 5.22. The number of nitriles is 1. The Kier molecular flexibility index (Phi) is 5.06. The van der Waals surface area contributed by atoms with Crippen LogP contribution in [0.1, 0.15) is 33.8 Å². The van der Waals surface area contributed by atoms with Gasteiger partial charge >= 0.3 is 0 Å². The standard InChI is InChI=1S/C21H20BrN3/c1-14-8-20(7-6-17-10-18(13-23)12-19(22)11-17)24-21(9-14)25-15(2)4-5-16(25)3/h4-5,8-12H,6-7H2,1-3H3. The van der Waals surface area contributed by atoms with Crippen molar-refractivity contribution in [1.29, 1.82) is 5.26 Å². The van der Waals surface area contributed by atoms with Crippen LogP contribution in [0.2, 0.25) is 0 Å². The van der Waals surface area contributed by atoms with Crippen molar-refractivity contribution in [3.05, 3.63) is 80.7 Å². The Morgan fingerprint density at radius 2 is 1.72 bits per heavy atom. The average Bonchev–Trinajstić information content (AvgIpc) is 2.90. The Balaban J connectivity index is 1.87. The van der Waals surface area contributed by atoms with Crippen LogP contribution in [-0.4, -0.2) is 9.55 Å². The van der Waals surface area contributed by atoms with E-state index >= 15 is 0 Å². The largest absolute Gasteiger partial charge is 0.303 e. The number of hydrogen-bond acceptors (Lipinski definition) is 2. The summed E-state index contributed by atoms with van der Waals surface area (Å²) in [5.41, 5.74) is 6.48. The zero-order valence-corrected chi connectivity index (χ0v) is 16.3. The van der Waals surface area contributed by atoms with Gasteiger partial charge in [-0.15, -0.1) is 0 Å². The summed E-state index contributed by atoms with van der Waals surface area (Å²) in [6.07, 6.45) is 1.70. The zero-order valence-electron chi connectivity index (χ0n) is 14.7. The molecular weight excluding hydrogens is 374 g/mol. The van der Waals surface area contributed by atoms with Gasteiger partial charge in [0, 0.05) is 21.6 Å². The normalized spacial score (nSPS) is 10.7. The summed E-state index contributed by atoms with van der Waals surface area (Å²) in [6, 6.07) is 16.5. The summed E-state index contributed by atoms with van der Waals surface area (Å²) >= 11 is 3.48. The molecule has 0 aliphatic carbocycles. The van der Waals surface area contributed by atoms with Crippen LogP contribution >= 0.6 is 15.9 Å². The van der Waals surface area contributed by atoms with E-state index in [-0.39, 0.29) is 0 Å². The van der Waals surface area contributed by atoms with Gasteiger partial charge in [-0.3, -0.25) is 0 Å². The third kappa shape index (κ3) is 4.00. The molecule has 0 saturated carbocycles. The first kappa shape index (κ1) is 17.4. The van der Waals surface area contributed by atoms with Gasteiger partial charge in [-0.2, -0.15) is 5.26 Å². The van der Waals surface area contributed by atoms with E-state index in [1.807, 2.05) is 12.1 Å². The van der Waals surface area contributed by atoms with Gasteiger partial charge in [-0.1, -0.05) is 15.9 Å². The minimum absolute atomic E-state index is 0.681. The maximum atomic E-state index is 9.12. The fourth-order valence-corrected chi connectivity index (χ4v) is 3.66. The zero-order chi connectivity index (χ0) is 18.0. The Morgan fingerprint density at radius 1 is 1.00 bits per heavy atom. The lowest BCUT2D eigenvalue weighted by molar-refractivity contribution is 0.861. The van der Waals surface area contributed by atoms with Gasteiger partial charge in [0.25, 0.3) is 0 Å². The van der Waals surface area contributed by atoms with Crippen LogP contribution in [0.4, 0.5) is 0 Å². The van der Waals surface area contributed by atoms with Crippen LogP contribution in [0.5, 0.6) is 0 Å². The number of benzene rings is 1. The summed E-state index contributed by atoms with van der Waals surface area (Å²) in [7, 11) is 0. The van der Waals surface area contributed by atoms with E-state index in [1.165, 1.54) is 17.0 Å². The summed E-state index contributed by atoms with van der Waals surface area (Å²) < 4.78 is 3.13. The third-order valence-corrected chi connectivity index (χ3v) is 4.72. The SMILES string of the molecule is Cc1cc(CCc2cc(Br)cc(C#N)c2)nc(-n2c(C)ccc2C)c1. The van der Waals surface area contributed by atoms with E-state index in [0.29, 0.717) is 5.56 Å².